The Bertz CT molecular complexity index is 115. The summed E-state index contributed by atoms with van der Waals surface area (Å²) in [6.07, 6.45) is 1.53. The summed E-state index contributed by atoms with van der Waals surface area (Å²) in [5, 5.41) is 2.72. The molecule has 0 amide bonds. The molecule has 0 unspecified atom stereocenters. The van der Waals surface area contributed by atoms with E-state index in [0.717, 1.165) is 0 Å². The van der Waals surface area contributed by atoms with E-state index in [0.29, 0.717) is 12.0 Å². The maximum Gasteiger partial charge on any atom is 0.345 e. The maximum absolute atomic E-state index is 5.41. The summed E-state index contributed by atoms with van der Waals surface area (Å²) in [6, 6.07) is 0.359. The standard InChI is InChI=1S/C6H13N3/c1-4-8-6(7)9-5(2)3/h4-5H,1H2,2-3H3,(H3,7,8,9)/p+1. The maximum atomic E-state index is 5.41. The summed E-state index contributed by atoms with van der Waals surface area (Å²) in [7, 11) is 0. The molecule has 52 valence electrons. The van der Waals surface area contributed by atoms with Crippen molar-refractivity contribution in [2.24, 2.45) is 5.73 Å². The van der Waals surface area contributed by atoms with Gasteiger partial charge in [-0.1, -0.05) is 6.58 Å². The van der Waals surface area contributed by atoms with Crippen molar-refractivity contribution in [2.75, 3.05) is 0 Å². The minimum atomic E-state index is 0.359. The third-order valence-corrected chi connectivity index (χ3v) is 0.702. The minimum absolute atomic E-state index is 0.359. The van der Waals surface area contributed by atoms with Crippen LogP contribution >= 0.6 is 0 Å². The smallest absolute Gasteiger partial charge is 0.291 e. The molecule has 0 heterocycles. The van der Waals surface area contributed by atoms with Gasteiger partial charge in [0, 0.05) is 0 Å². The fourth-order valence-electron chi connectivity index (χ4n) is 0.463. The van der Waals surface area contributed by atoms with E-state index in [2.05, 4.69) is 16.9 Å². The monoisotopic (exact) mass is 128 g/mol. The van der Waals surface area contributed by atoms with Crippen LogP contribution in [0.1, 0.15) is 13.8 Å². The Balaban J connectivity index is 3.68. The van der Waals surface area contributed by atoms with Crippen LogP contribution in [0.3, 0.4) is 0 Å². The van der Waals surface area contributed by atoms with Crippen molar-refractivity contribution < 1.29 is 4.99 Å². The second-order valence-corrected chi connectivity index (χ2v) is 2.06. The average Bonchev–Trinajstić information content (AvgIpc) is 1.63. The summed E-state index contributed by atoms with van der Waals surface area (Å²) in [5.74, 6) is 0.542. The Morgan fingerprint density at radius 2 is 2.33 bits per heavy atom. The molecule has 0 atom stereocenters. The summed E-state index contributed by atoms with van der Waals surface area (Å²) in [6.45, 7) is 7.48. The number of nitrogens with two attached hydrogens (primary N) is 1. The molecular formula is C6H14N3+. The van der Waals surface area contributed by atoms with Gasteiger partial charge in [0.1, 0.15) is 0 Å². The lowest BCUT2D eigenvalue weighted by molar-refractivity contribution is -0.496. The summed E-state index contributed by atoms with van der Waals surface area (Å²) < 4.78 is 0. The normalized spacial score (nSPS) is 11.7. The molecule has 0 rings (SSSR count). The van der Waals surface area contributed by atoms with Crippen molar-refractivity contribution in [2.45, 2.75) is 19.9 Å². The highest BCUT2D eigenvalue weighted by Gasteiger charge is 1.93. The molecule has 0 aromatic heterocycles. The van der Waals surface area contributed by atoms with Gasteiger partial charge >= 0.3 is 5.96 Å². The number of guanidine groups is 1. The van der Waals surface area contributed by atoms with Crippen LogP contribution in [0.2, 0.25) is 0 Å². The molecule has 0 fully saturated rings. The van der Waals surface area contributed by atoms with Gasteiger partial charge in [0.2, 0.25) is 0 Å². The fraction of sp³-hybridized carbons (Fsp3) is 0.500. The molecule has 9 heavy (non-hydrogen) atoms. The first-order valence-electron chi connectivity index (χ1n) is 2.93. The predicted octanol–water partition coefficient (Wildman–Crippen LogP) is -1.48. The van der Waals surface area contributed by atoms with Crippen molar-refractivity contribution in [3.63, 3.8) is 0 Å². The zero-order chi connectivity index (χ0) is 7.28. The van der Waals surface area contributed by atoms with Crippen molar-refractivity contribution in [3.8, 4) is 0 Å². The summed E-state index contributed by atoms with van der Waals surface area (Å²) in [5.41, 5.74) is 5.41. The molecule has 3 nitrogen and oxygen atoms in total. The molecule has 0 aliphatic heterocycles. The first-order chi connectivity index (χ1) is 4.16. The van der Waals surface area contributed by atoms with E-state index in [1.807, 2.05) is 13.8 Å². The van der Waals surface area contributed by atoms with Crippen LogP contribution in [-0.2, 0) is 0 Å². The topological polar surface area (TPSA) is 52.0 Å². The Labute approximate surface area is 55.7 Å². The lowest BCUT2D eigenvalue weighted by atomic mass is 10.4. The number of nitrogens with one attached hydrogen (secondary N) is 2. The largest absolute Gasteiger partial charge is 0.345 e. The lowest BCUT2D eigenvalue weighted by Gasteiger charge is -1.94. The summed E-state index contributed by atoms with van der Waals surface area (Å²) >= 11 is 0. The molecule has 0 aliphatic rings. The van der Waals surface area contributed by atoms with E-state index in [1.54, 1.807) is 0 Å². The quantitative estimate of drug-likeness (QED) is 0.314. The van der Waals surface area contributed by atoms with Crippen LogP contribution in [0, 0.1) is 0 Å². The molecule has 0 saturated carbocycles. The Kier molecular flexibility index (Phi) is 3.51. The number of rotatable bonds is 2. The SMILES string of the molecule is C=CNC(N)=[NH+]C(C)C. The first kappa shape index (κ1) is 8.01. The van der Waals surface area contributed by atoms with Crippen LogP contribution in [0.5, 0.6) is 0 Å². The third-order valence-electron chi connectivity index (χ3n) is 0.702. The molecule has 0 spiro atoms. The van der Waals surface area contributed by atoms with Crippen LogP contribution in [-0.4, -0.2) is 12.0 Å². The van der Waals surface area contributed by atoms with Gasteiger partial charge in [-0.25, -0.2) is 0 Å². The van der Waals surface area contributed by atoms with Gasteiger partial charge in [-0.15, -0.1) is 0 Å². The van der Waals surface area contributed by atoms with Crippen molar-refractivity contribution in [1.29, 1.82) is 0 Å². The van der Waals surface area contributed by atoms with E-state index >= 15 is 0 Å². The van der Waals surface area contributed by atoms with E-state index in [-0.39, 0.29) is 0 Å². The van der Waals surface area contributed by atoms with Gasteiger partial charge in [0.25, 0.3) is 0 Å². The van der Waals surface area contributed by atoms with Gasteiger partial charge in [-0.05, 0) is 13.8 Å². The zero-order valence-corrected chi connectivity index (χ0v) is 5.94. The van der Waals surface area contributed by atoms with Crippen LogP contribution in [0.15, 0.2) is 12.8 Å². The van der Waals surface area contributed by atoms with E-state index in [1.165, 1.54) is 6.20 Å². The Morgan fingerprint density at radius 3 is 2.67 bits per heavy atom. The van der Waals surface area contributed by atoms with Gasteiger partial charge in [0.15, 0.2) is 0 Å². The van der Waals surface area contributed by atoms with Crippen molar-refractivity contribution in [1.82, 2.24) is 5.32 Å². The van der Waals surface area contributed by atoms with E-state index in [9.17, 15) is 0 Å². The summed E-state index contributed by atoms with van der Waals surface area (Å²) in [4.78, 5) is 2.96. The number of hydrogen-bond acceptors (Lipinski definition) is 0. The molecule has 0 saturated heterocycles. The highest BCUT2D eigenvalue weighted by molar-refractivity contribution is 5.72. The second-order valence-electron chi connectivity index (χ2n) is 2.06. The fourth-order valence-corrected chi connectivity index (χ4v) is 0.463. The zero-order valence-electron chi connectivity index (χ0n) is 5.94. The minimum Gasteiger partial charge on any atom is -0.291 e. The molecule has 3 heteroatoms. The first-order valence-corrected chi connectivity index (χ1v) is 2.93. The van der Waals surface area contributed by atoms with Crippen LogP contribution in [0.4, 0.5) is 0 Å². The molecule has 0 bridgehead atoms. The lowest BCUT2D eigenvalue weighted by Crippen LogP contribution is -2.82. The third kappa shape index (κ3) is 4.87. The van der Waals surface area contributed by atoms with Gasteiger partial charge in [0.05, 0.1) is 12.2 Å². The average molecular weight is 128 g/mol. The molecule has 0 aliphatic carbocycles. The molecule has 0 aromatic rings. The molecule has 0 aromatic carbocycles. The highest BCUT2D eigenvalue weighted by Crippen LogP contribution is 1.57. The molecule has 4 N–H and O–H groups in total. The van der Waals surface area contributed by atoms with Crippen molar-refractivity contribution >= 4 is 5.96 Å². The van der Waals surface area contributed by atoms with Crippen LogP contribution in [0.25, 0.3) is 0 Å². The number of hydrogen-bond donors (Lipinski definition) is 3. The van der Waals surface area contributed by atoms with Crippen LogP contribution < -0.4 is 16.0 Å². The van der Waals surface area contributed by atoms with E-state index < -0.39 is 0 Å². The van der Waals surface area contributed by atoms with Gasteiger partial charge < -0.3 is 0 Å². The van der Waals surface area contributed by atoms with Gasteiger partial charge in [-0.2, -0.15) is 0 Å². The highest BCUT2D eigenvalue weighted by atomic mass is 15.1. The molecular weight excluding hydrogens is 114 g/mol. The second kappa shape index (κ2) is 3.95. The Morgan fingerprint density at radius 1 is 1.78 bits per heavy atom. The molecule has 0 radical (unpaired) electrons. The predicted molar refractivity (Wildman–Crippen MR) is 38.6 cm³/mol. The van der Waals surface area contributed by atoms with E-state index in [4.69, 9.17) is 5.73 Å². The van der Waals surface area contributed by atoms with Gasteiger partial charge in [-0.3, -0.25) is 16.0 Å². The van der Waals surface area contributed by atoms with Crippen molar-refractivity contribution in [3.05, 3.63) is 12.8 Å². The Hall–Kier alpha value is -0.990.